The number of nitro groups is 1. The van der Waals surface area contributed by atoms with Crippen LogP contribution in [-0.2, 0) is 6.54 Å². The number of nitro benzene ring substituents is 1. The van der Waals surface area contributed by atoms with E-state index in [2.05, 4.69) is 5.32 Å². The summed E-state index contributed by atoms with van der Waals surface area (Å²) in [5.74, 6) is 0.943. The number of ether oxygens (including phenoxy) is 1. The SMILES string of the molecule is CCNCc1ccc(OCC2CCCC2)c([N+](=O)[O-])c1. The van der Waals surface area contributed by atoms with Gasteiger partial charge in [0, 0.05) is 12.6 Å². The molecule has 20 heavy (non-hydrogen) atoms. The zero-order chi connectivity index (χ0) is 14.4. The van der Waals surface area contributed by atoms with Crippen LogP contribution in [-0.4, -0.2) is 18.1 Å². The maximum atomic E-state index is 11.1. The molecule has 0 heterocycles. The smallest absolute Gasteiger partial charge is 0.311 e. The maximum Gasteiger partial charge on any atom is 0.311 e. The van der Waals surface area contributed by atoms with Gasteiger partial charge in [0.2, 0.25) is 0 Å². The number of nitrogens with zero attached hydrogens (tertiary/aromatic N) is 1. The van der Waals surface area contributed by atoms with Crippen LogP contribution in [0.5, 0.6) is 5.75 Å². The summed E-state index contributed by atoms with van der Waals surface area (Å²) in [5, 5.41) is 14.3. The Labute approximate surface area is 119 Å². The minimum absolute atomic E-state index is 0.0680. The number of hydrogen-bond acceptors (Lipinski definition) is 4. The van der Waals surface area contributed by atoms with Gasteiger partial charge in [-0.3, -0.25) is 10.1 Å². The summed E-state index contributed by atoms with van der Waals surface area (Å²) in [5.41, 5.74) is 0.977. The molecule has 0 aromatic heterocycles. The van der Waals surface area contributed by atoms with Crippen LogP contribution < -0.4 is 10.1 Å². The Morgan fingerprint density at radius 2 is 2.15 bits per heavy atom. The Bertz CT molecular complexity index is 456. The topological polar surface area (TPSA) is 64.4 Å². The second kappa shape index (κ2) is 7.24. The van der Waals surface area contributed by atoms with Crippen LogP contribution in [0, 0.1) is 16.0 Å². The Morgan fingerprint density at radius 3 is 2.80 bits per heavy atom. The van der Waals surface area contributed by atoms with Crippen LogP contribution in [0.4, 0.5) is 5.69 Å². The van der Waals surface area contributed by atoms with Gasteiger partial charge in [0.15, 0.2) is 5.75 Å². The molecule has 1 aliphatic rings. The van der Waals surface area contributed by atoms with Crippen molar-refractivity contribution < 1.29 is 9.66 Å². The van der Waals surface area contributed by atoms with E-state index in [-0.39, 0.29) is 10.6 Å². The Hall–Kier alpha value is -1.62. The van der Waals surface area contributed by atoms with Gasteiger partial charge in [-0.05, 0) is 36.9 Å². The first-order valence-electron chi connectivity index (χ1n) is 7.31. The molecule has 1 saturated carbocycles. The summed E-state index contributed by atoms with van der Waals surface area (Å²) >= 11 is 0. The molecule has 0 unspecified atom stereocenters. The molecule has 0 atom stereocenters. The van der Waals surface area contributed by atoms with Crippen LogP contribution in [0.25, 0.3) is 0 Å². The second-order valence-corrected chi connectivity index (χ2v) is 5.30. The maximum absolute atomic E-state index is 11.1. The van der Waals surface area contributed by atoms with E-state index in [4.69, 9.17) is 4.74 Å². The van der Waals surface area contributed by atoms with Gasteiger partial charge in [-0.1, -0.05) is 25.8 Å². The summed E-state index contributed by atoms with van der Waals surface area (Å²) < 4.78 is 5.68. The third-order valence-electron chi connectivity index (χ3n) is 3.75. The van der Waals surface area contributed by atoms with E-state index >= 15 is 0 Å². The zero-order valence-electron chi connectivity index (χ0n) is 11.9. The van der Waals surface area contributed by atoms with Crippen LogP contribution in [0.3, 0.4) is 0 Å². The fourth-order valence-corrected chi connectivity index (χ4v) is 2.59. The average molecular weight is 278 g/mol. The van der Waals surface area contributed by atoms with Crippen molar-refractivity contribution in [2.45, 2.75) is 39.2 Å². The fraction of sp³-hybridized carbons (Fsp3) is 0.600. The standard InChI is InChI=1S/C15H22N2O3/c1-2-16-10-13-7-8-15(14(9-13)17(18)19)20-11-12-5-3-4-6-12/h7-9,12,16H,2-6,10-11H2,1H3. The molecule has 0 saturated heterocycles. The van der Waals surface area contributed by atoms with Gasteiger partial charge in [0.25, 0.3) is 0 Å². The highest BCUT2D eigenvalue weighted by Gasteiger charge is 2.20. The normalized spacial score (nSPS) is 15.4. The van der Waals surface area contributed by atoms with E-state index in [0.717, 1.165) is 12.1 Å². The minimum Gasteiger partial charge on any atom is -0.487 e. The molecular weight excluding hydrogens is 256 g/mol. The molecule has 5 heteroatoms. The molecular formula is C15H22N2O3. The number of hydrogen-bond donors (Lipinski definition) is 1. The highest BCUT2D eigenvalue weighted by Crippen LogP contribution is 2.30. The van der Waals surface area contributed by atoms with Crippen molar-refractivity contribution >= 4 is 5.69 Å². The molecule has 0 aliphatic heterocycles. The lowest BCUT2D eigenvalue weighted by molar-refractivity contribution is -0.386. The molecule has 1 aromatic rings. The van der Waals surface area contributed by atoms with Gasteiger partial charge in [-0.15, -0.1) is 0 Å². The van der Waals surface area contributed by atoms with E-state index in [9.17, 15) is 10.1 Å². The van der Waals surface area contributed by atoms with Crippen molar-refractivity contribution in [3.63, 3.8) is 0 Å². The minimum atomic E-state index is -0.362. The van der Waals surface area contributed by atoms with Crippen molar-refractivity contribution in [3.8, 4) is 5.75 Å². The van der Waals surface area contributed by atoms with Crippen molar-refractivity contribution in [2.75, 3.05) is 13.2 Å². The van der Waals surface area contributed by atoms with Crippen molar-refractivity contribution in [3.05, 3.63) is 33.9 Å². The van der Waals surface area contributed by atoms with Gasteiger partial charge in [-0.2, -0.15) is 0 Å². The Kier molecular flexibility index (Phi) is 5.35. The van der Waals surface area contributed by atoms with Crippen LogP contribution in [0.1, 0.15) is 38.2 Å². The molecule has 1 N–H and O–H groups in total. The first-order valence-corrected chi connectivity index (χ1v) is 7.31. The molecule has 0 bridgehead atoms. The van der Waals surface area contributed by atoms with E-state index in [1.54, 1.807) is 12.1 Å². The second-order valence-electron chi connectivity index (χ2n) is 5.30. The zero-order valence-corrected chi connectivity index (χ0v) is 11.9. The molecule has 5 nitrogen and oxygen atoms in total. The average Bonchev–Trinajstić information content (AvgIpc) is 2.96. The monoisotopic (exact) mass is 278 g/mol. The number of rotatable bonds is 7. The first kappa shape index (κ1) is 14.8. The Morgan fingerprint density at radius 1 is 1.40 bits per heavy atom. The predicted molar refractivity (Wildman–Crippen MR) is 77.9 cm³/mol. The highest BCUT2D eigenvalue weighted by atomic mass is 16.6. The highest BCUT2D eigenvalue weighted by molar-refractivity contribution is 5.48. The van der Waals surface area contributed by atoms with E-state index in [1.165, 1.54) is 25.7 Å². The lowest BCUT2D eigenvalue weighted by Gasteiger charge is -2.12. The molecule has 1 aromatic carbocycles. The van der Waals surface area contributed by atoms with Crippen LogP contribution in [0.2, 0.25) is 0 Å². The van der Waals surface area contributed by atoms with Gasteiger partial charge < -0.3 is 10.1 Å². The molecule has 0 radical (unpaired) electrons. The molecule has 2 rings (SSSR count). The third-order valence-corrected chi connectivity index (χ3v) is 3.75. The van der Waals surface area contributed by atoms with Crippen LogP contribution in [0.15, 0.2) is 18.2 Å². The van der Waals surface area contributed by atoms with Gasteiger partial charge in [0.05, 0.1) is 11.5 Å². The van der Waals surface area contributed by atoms with Gasteiger partial charge in [0.1, 0.15) is 0 Å². The first-order chi connectivity index (χ1) is 9.70. The summed E-state index contributed by atoms with van der Waals surface area (Å²) in [6, 6.07) is 5.21. The molecule has 110 valence electrons. The largest absolute Gasteiger partial charge is 0.487 e. The van der Waals surface area contributed by atoms with Crippen molar-refractivity contribution in [1.82, 2.24) is 5.32 Å². The molecule has 0 spiro atoms. The lowest BCUT2D eigenvalue weighted by atomic mass is 10.1. The summed E-state index contributed by atoms with van der Waals surface area (Å²) in [7, 11) is 0. The van der Waals surface area contributed by atoms with Gasteiger partial charge in [-0.25, -0.2) is 0 Å². The van der Waals surface area contributed by atoms with E-state index < -0.39 is 0 Å². The summed E-state index contributed by atoms with van der Waals surface area (Å²) in [4.78, 5) is 10.8. The molecule has 1 aliphatic carbocycles. The number of benzene rings is 1. The van der Waals surface area contributed by atoms with Crippen molar-refractivity contribution in [2.24, 2.45) is 5.92 Å². The molecule has 0 amide bonds. The predicted octanol–water partition coefficient (Wildman–Crippen LogP) is 3.27. The quantitative estimate of drug-likeness (QED) is 0.614. The van der Waals surface area contributed by atoms with Crippen LogP contribution >= 0.6 is 0 Å². The number of nitrogens with one attached hydrogen (secondary N) is 1. The fourth-order valence-electron chi connectivity index (χ4n) is 2.59. The third kappa shape index (κ3) is 3.93. The Balaban J connectivity index is 2.04. The van der Waals surface area contributed by atoms with E-state index in [1.807, 2.05) is 13.0 Å². The lowest BCUT2D eigenvalue weighted by Crippen LogP contribution is -2.12. The molecule has 1 fully saturated rings. The summed E-state index contributed by atoms with van der Waals surface area (Å²) in [6.45, 7) is 4.08. The summed E-state index contributed by atoms with van der Waals surface area (Å²) in [6.07, 6.45) is 4.84. The van der Waals surface area contributed by atoms with Crippen molar-refractivity contribution in [1.29, 1.82) is 0 Å². The van der Waals surface area contributed by atoms with E-state index in [0.29, 0.717) is 24.8 Å². The van der Waals surface area contributed by atoms with Gasteiger partial charge >= 0.3 is 5.69 Å².